The maximum Gasteiger partial charge on any atom is 0.358 e. The number of aromatic nitrogens is 3. The number of carboxylic acids is 1. The highest BCUT2D eigenvalue weighted by Crippen LogP contribution is 2.35. The van der Waals surface area contributed by atoms with E-state index in [9.17, 15) is 14.0 Å². The van der Waals surface area contributed by atoms with Crippen LogP contribution in [0.15, 0.2) is 71.4 Å². The number of rotatable bonds is 7. The number of nitrogens with zero attached hydrogens (tertiary/aromatic N) is 5. The van der Waals surface area contributed by atoms with Crippen molar-refractivity contribution in [1.82, 2.24) is 24.7 Å². The topological polar surface area (TPSA) is 105 Å². The first-order chi connectivity index (χ1) is 19.5. The normalized spacial score (nSPS) is 18.3. The van der Waals surface area contributed by atoms with E-state index in [0.29, 0.717) is 42.6 Å². The lowest BCUT2D eigenvalue weighted by molar-refractivity contribution is 0.0684. The van der Waals surface area contributed by atoms with Crippen LogP contribution in [0.2, 0.25) is 0 Å². The third-order valence-corrected chi connectivity index (χ3v) is 7.99. The molecule has 10 heteroatoms. The van der Waals surface area contributed by atoms with Gasteiger partial charge in [-0.15, -0.1) is 0 Å². The summed E-state index contributed by atoms with van der Waals surface area (Å²) >= 11 is 0. The molecule has 2 aromatic heterocycles. The zero-order chi connectivity index (χ0) is 27.6. The second kappa shape index (κ2) is 11.1. The Labute approximate surface area is 230 Å². The third-order valence-electron chi connectivity index (χ3n) is 7.99. The molecule has 0 aliphatic carbocycles. The minimum Gasteiger partial charge on any atom is -0.476 e. The largest absolute Gasteiger partial charge is 0.476 e. The van der Waals surface area contributed by atoms with Crippen LogP contribution in [-0.4, -0.2) is 67.9 Å². The molecule has 0 radical (unpaired) electrons. The highest BCUT2D eigenvalue weighted by molar-refractivity contribution is 5.95. The Morgan fingerprint density at radius 1 is 0.975 bits per heavy atom. The standard InChI is InChI=1S/C30H30FN5O4/c31-23-6-8-24(9-7-23)36-28(21-10-13-34(14-11-21)19-25-16-27(30(38)39)33-40-25)26(17-32-36)29(37)35-15-12-22(18-35)20-4-2-1-3-5-20/h1-9,16-17,21-22H,10-15,18-19H2,(H,38,39)/t22-/m0/s1. The van der Waals surface area contributed by atoms with E-state index in [-0.39, 0.29) is 23.3 Å². The molecule has 2 aliphatic heterocycles. The summed E-state index contributed by atoms with van der Waals surface area (Å²) in [7, 11) is 0. The van der Waals surface area contributed by atoms with Crippen LogP contribution in [-0.2, 0) is 6.54 Å². The fraction of sp³-hybridized carbons (Fsp3) is 0.333. The Balaban J connectivity index is 1.22. The lowest BCUT2D eigenvalue weighted by Crippen LogP contribution is -2.34. The minimum atomic E-state index is -1.12. The second-order valence-electron chi connectivity index (χ2n) is 10.5. The van der Waals surface area contributed by atoms with Gasteiger partial charge >= 0.3 is 5.97 Å². The van der Waals surface area contributed by atoms with Gasteiger partial charge in [0.1, 0.15) is 5.82 Å². The predicted octanol–water partition coefficient (Wildman–Crippen LogP) is 4.71. The van der Waals surface area contributed by atoms with Crippen molar-refractivity contribution >= 4 is 11.9 Å². The molecule has 2 saturated heterocycles. The van der Waals surface area contributed by atoms with Crippen LogP contribution in [0.5, 0.6) is 0 Å². The maximum atomic E-state index is 13.9. The Morgan fingerprint density at radius 2 is 1.70 bits per heavy atom. The van der Waals surface area contributed by atoms with Crippen molar-refractivity contribution in [3.05, 3.63) is 101 Å². The number of aromatic carboxylic acids is 1. The summed E-state index contributed by atoms with van der Waals surface area (Å²) in [6.07, 6.45) is 4.13. The van der Waals surface area contributed by atoms with Gasteiger partial charge in [-0.1, -0.05) is 35.5 Å². The quantitative estimate of drug-likeness (QED) is 0.360. The van der Waals surface area contributed by atoms with Crippen molar-refractivity contribution in [3.8, 4) is 5.69 Å². The number of carbonyl (C=O) groups is 2. The average molecular weight is 544 g/mol. The van der Waals surface area contributed by atoms with Gasteiger partial charge in [-0.05, 0) is 62.2 Å². The lowest BCUT2D eigenvalue weighted by atomic mass is 9.90. The summed E-state index contributed by atoms with van der Waals surface area (Å²) < 4.78 is 20.7. The Morgan fingerprint density at radius 3 is 2.40 bits per heavy atom. The van der Waals surface area contributed by atoms with E-state index < -0.39 is 5.97 Å². The molecule has 4 aromatic rings. The molecule has 2 aliphatic rings. The Hall–Kier alpha value is -4.31. The molecule has 2 fully saturated rings. The first-order valence-corrected chi connectivity index (χ1v) is 13.6. The van der Waals surface area contributed by atoms with Crippen LogP contribution in [0.4, 0.5) is 4.39 Å². The maximum absolute atomic E-state index is 13.9. The van der Waals surface area contributed by atoms with Crippen molar-refractivity contribution in [1.29, 1.82) is 0 Å². The number of halogens is 1. The van der Waals surface area contributed by atoms with E-state index in [4.69, 9.17) is 9.63 Å². The molecule has 40 heavy (non-hydrogen) atoms. The summed E-state index contributed by atoms with van der Waals surface area (Å²) in [5.74, 6) is -0.587. The molecule has 0 bridgehead atoms. The van der Waals surface area contributed by atoms with Gasteiger partial charge in [0.05, 0.1) is 29.7 Å². The van der Waals surface area contributed by atoms with Crippen molar-refractivity contribution in [2.75, 3.05) is 26.2 Å². The van der Waals surface area contributed by atoms with Crippen LogP contribution < -0.4 is 0 Å². The van der Waals surface area contributed by atoms with Crippen molar-refractivity contribution in [2.45, 2.75) is 37.6 Å². The number of piperidine rings is 1. The van der Waals surface area contributed by atoms with Crippen LogP contribution in [0.25, 0.3) is 5.69 Å². The van der Waals surface area contributed by atoms with Gasteiger partial charge in [0.25, 0.3) is 5.91 Å². The zero-order valence-electron chi connectivity index (χ0n) is 21.9. The number of likely N-dealkylation sites (tertiary alicyclic amines) is 2. The van der Waals surface area contributed by atoms with Gasteiger partial charge in [-0.3, -0.25) is 9.69 Å². The van der Waals surface area contributed by atoms with Crippen LogP contribution in [0, 0.1) is 5.82 Å². The van der Waals surface area contributed by atoms with Crippen molar-refractivity contribution in [2.24, 2.45) is 0 Å². The average Bonchev–Trinajstić information content (AvgIpc) is 3.74. The van der Waals surface area contributed by atoms with Gasteiger partial charge in [0.15, 0.2) is 11.5 Å². The van der Waals surface area contributed by atoms with Gasteiger partial charge in [0, 0.05) is 31.0 Å². The number of carboxylic acid groups (broad SMARTS) is 1. The summed E-state index contributed by atoms with van der Waals surface area (Å²) in [5.41, 5.74) is 3.30. The third kappa shape index (κ3) is 5.27. The number of carbonyl (C=O) groups excluding carboxylic acids is 1. The molecule has 206 valence electrons. The molecular weight excluding hydrogens is 513 g/mol. The molecule has 1 atom stereocenters. The van der Waals surface area contributed by atoms with Gasteiger partial charge in [-0.2, -0.15) is 5.10 Å². The Bertz CT molecular complexity index is 1490. The monoisotopic (exact) mass is 543 g/mol. The van der Waals surface area contributed by atoms with E-state index in [1.54, 1.807) is 23.0 Å². The first kappa shape index (κ1) is 25.9. The molecule has 4 heterocycles. The fourth-order valence-electron chi connectivity index (χ4n) is 5.89. The highest BCUT2D eigenvalue weighted by atomic mass is 19.1. The predicted molar refractivity (Wildman–Crippen MR) is 144 cm³/mol. The summed E-state index contributed by atoms with van der Waals surface area (Å²) in [6.45, 7) is 3.28. The van der Waals surface area contributed by atoms with Gasteiger partial charge in [0.2, 0.25) is 0 Å². The van der Waals surface area contributed by atoms with E-state index in [1.807, 2.05) is 23.1 Å². The molecule has 0 unspecified atom stereocenters. The highest BCUT2D eigenvalue weighted by Gasteiger charge is 2.34. The fourth-order valence-corrected chi connectivity index (χ4v) is 5.89. The summed E-state index contributed by atoms with van der Waals surface area (Å²) in [4.78, 5) is 29.1. The zero-order valence-corrected chi connectivity index (χ0v) is 21.9. The minimum absolute atomic E-state index is 0.0212. The SMILES string of the molecule is O=C(O)c1cc(CN2CCC(c3c(C(=O)N4CC[C@H](c5ccccc5)C4)cnn3-c3ccc(F)cc3)CC2)on1. The molecular formula is C30H30FN5O4. The van der Waals surface area contributed by atoms with E-state index in [0.717, 1.165) is 38.0 Å². The number of amides is 1. The van der Waals surface area contributed by atoms with Crippen LogP contribution in [0.3, 0.4) is 0 Å². The summed E-state index contributed by atoms with van der Waals surface area (Å²) in [6, 6.07) is 17.9. The van der Waals surface area contributed by atoms with E-state index in [2.05, 4.69) is 27.3 Å². The molecule has 0 spiro atoms. The van der Waals surface area contributed by atoms with Crippen molar-refractivity contribution < 1.29 is 23.6 Å². The first-order valence-electron chi connectivity index (χ1n) is 13.6. The van der Waals surface area contributed by atoms with E-state index in [1.165, 1.54) is 23.8 Å². The molecule has 1 amide bonds. The molecule has 0 saturated carbocycles. The smallest absolute Gasteiger partial charge is 0.358 e. The Kier molecular flexibility index (Phi) is 7.17. The van der Waals surface area contributed by atoms with E-state index >= 15 is 0 Å². The molecule has 6 rings (SSSR count). The van der Waals surface area contributed by atoms with Crippen molar-refractivity contribution in [3.63, 3.8) is 0 Å². The molecule has 9 nitrogen and oxygen atoms in total. The summed E-state index contributed by atoms with van der Waals surface area (Å²) in [5, 5.41) is 17.3. The number of hydrogen-bond donors (Lipinski definition) is 1. The lowest BCUT2D eigenvalue weighted by Gasteiger charge is -2.32. The second-order valence-corrected chi connectivity index (χ2v) is 10.5. The molecule has 2 aromatic carbocycles. The van der Waals surface area contributed by atoms with Gasteiger partial charge in [-0.25, -0.2) is 13.9 Å². The van der Waals surface area contributed by atoms with Crippen LogP contribution >= 0.6 is 0 Å². The number of hydrogen-bond acceptors (Lipinski definition) is 6. The van der Waals surface area contributed by atoms with Gasteiger partial charge < -0.3 is 14.5 Å². The number of benzene rings is 2. The van der Waals surface area contributed by atoms with Crippen LogP contribution in [0.1, 0.15) is 69.0 Å². The molecule has 1 N–H and O–H groups in total.